The molecule has 6 nitrogen and oxygen atoms in total. The van der Waals surface area contributed by atoms with Gasteiger partial charge in [-0.25, -0.2) is 4.79 Å². The lowest BCUT2D eigenvalue weighted by Crippen LogP contribution is -2.43. The smallest absolute Gasteiger partial charge is 0.411 e. The third-order valence-electron chi connectivity index (χ3n) is 7.60. The van der Waals surface area contributed by atoms with E-state index < -0.39 is 6.09 Å². The topological polar surface area (TPSA) is 76.7 Å². The zero-order valence-electron chi connectivity index (χ0n) is 22.9. The molecule has 2 aromatic rings. The zero-order chi connectivity index (χ0) is 26.7. The Labute approximate surface area is 220 Å². The van der Waals surface area contributed by atoms with E-state index in [4.69, 9.17) is 9.47 Å². The van der Waals surface area contributed by atoms with Crippen LogP contribution in [0.2, 0.25) is 0 Å². The number of ketones is 1. The number of nitrogens with one attached hydrogen (secondary N) is 2. The maximum absolute atomic E-state index is 13.3. The third-order valence-corrected chi connectivity index (χ3v) is 7.60. The van der Waals surface area contributed by atoms with Gasteiger partial charge in [-0.2, -0.15) is 0 Å². The second-order valence-electron chi connectivity index (χ2n) is 11.6. The van der Waals surface area contributed by atoms with Crippen molar-refractivity contribution in [2.75, 3.05) is 12.4 Å². The van der Waals surface area contributed by atoms with Gasteiger partial charge in [0.1, 0.15) is 11.9 Å². The summed E-state index contributed by atoms with van der Waals surface area (Å²) in [5.74, 6) is 1.98. The number of ether oxygens (including phenoxy) is 2. The largest absolute Gasteiger partial charge is 0.497 e. The predicted octanol–water partition coefficient (Wildman–Crippen LogP) is 6.85. The Balaban J connectivity index is 1.50. The molecule has 1 fully saturated rings. The minimum absolute atomic E-state index is 0.0870. The first-order valence-electron chi connectivity index (χ1n) is 13.3. The van der Waals surface area contributed by atoms with Gasteiger partial charge in [-0.05, 0) is 80.7 Å². The molecule has 1 heterocycles. The maximum Gasteiger partial charge on any atom is 0.411 e. The number of anilines is 1. The molecule has 4 rings (SSSR count). The molecule has 1 saturated carbocycles. The van der Waals surface area contributed by atoms with Gasteiger partial charge < -0.3 is 14.8 Å². The van der Waals surface area contributed by atoms with Crippen LogP contribution in [0.4, 0.5) is 10.5 Å². The Morgan fingerprint density at radius 3 is 2.65 bits per heavy atom. The number of carbonyl (C=O) groups is 2. The van der Waals surface area contributed by atoms with Gasteiger partial charge in [0.15, 0.2) is 5.78 Å². The van der Waals surface area contributed by atoms with Crippen molar-refractivity contribution in [3.63, 3.8) is 0 Å². The Hall–Kier alpha value is -3.28. The highest BCUT2D eigenvalue weighted by atomic mass is 16.6. The minimum atomic E-state index is -0.468. The van der Waals surface area contributed by atoms with E-state index in [1.807, 2.05) is 12.1 Å². The molecule has 1 aliphatic carbocycles. The highest BCUT2D eigenvalue weighted by molar-refractivity contribution is 6.09. The van der Waals surface area contributed by atoms with Crippen molar-refractivity contribution in [1.29, 1.82) is 0 Å². The Bertz CT molecular complexity index is 1180. The van der Waals surface area contributed by atoms with E-state index in [1.165, 1.54) is 12.0 Å². The van der Waals surface area contributed by atoms with Crippen molar-refractivity contribution in [2.45, 2.75) is 71.9 Å². The predicted molar refractivity (Wildman–Crippen MR) is 148 cm³/mol. The summed E-state index contributed by atoms with van der Waals surface area (Å²) in [6.07, 6.45) is 5.06. The summed E-state index contributed by atoms with van der Waals surface area (Å²) in [7, 11) is 1.64. The van der Waals surface area contributed by atoms with Crippen LogP contribution in [0.1, 0.15) is 75.4 Å². The summed E-state index contributed by atoms with van der Waals surface area (Å²) in [4.78, 5) is 26.1. The van der Waals surface area contributed by atoms with E-state index in [1.54, 1.807) is 37.5 Å². The number of rotatable bonds is 6. The van der Waals surface area contributed by atoms with E-state index in [0.29, 0.717) is 29.0 Å². The summed E-state index contributed by atoms with van der Waals surface area (Å²) in [5, 5.41) is 6.34. The van der Waals surface area contributed by atoms with Crippen molar-refractivity contribution in [3.05, 3.63) is 65.2 Å². The zero-order valence-corrected chi connectivity index (χ0v) is 22.9. The molecule has 37 heavy (non-hydrogen) atoms. The average molecular weight is 505 g/mol. The molecule has 2 aromatic carbocycles. The van der Waals surface area contributed by atoms with E-state index in [0.717, 1.165) is 36.3 Å². The minimum Gasteiger partial charge on any atom is -0.497 e. The fourth-order valence-corrected chi connectivity index (χ4v) is 5.65. The van der Waals surface area contributed by atoms with Gasteiger partial charge in [0.05, 0.1) is 7.11 Å². The van der Waals surface area contributed by atoms with Crippen molar-refractivity contribution >= 4 is 23.3 Å². The summed E-state index contributed by atoms with van der Waals surface area (Å²) < 4.78 is 11.3. The normalized spacial score (nSPS) is 23.6. The number of hydrogen-bond acceptors (Lipinski definition) is 5. The molecule has 0 radical (unpaired) electrons. The first-order valence-corrected chi connectivity index (χ1v) is 13.3. The molecule has 0 spiro atoms. The molecular formula is C31H40N2O4. The molecule has 0 aromatic heterocycles. The number of fused-ring (bicyclic) bond motifs is 1. The summed E-state index contributed by atoms with van der Waals surface area (Å²) in [5.41, 5.74) is 3.74. The van der Waals surface area contributed by atoms with E-state index in [2.05, 4.69) is 51.3 Å². The second-order valence-corrected chi connectivity index (χ2v) is 11.6. The first kappa shape index (κ1) is 26.8. The second kappa shape index (κ2) is 11.0. The van der Waals surface area contributed by atoms with Crippen LogP contribution in [0, 0.1) is 17.8 Å². The molecule has 198 valence electrons. The van der Waals surface area contributed by atoms with Crippen LogP contribution in [0.15, 0.2) is 48.5 Å². The lowest BCUT2D eigenvalue weighted by molar-refractivity contribution is 0.0126. The van der Waals surface area contributed by atoms with Crippen LogP contribution in [0.3, 0.4) is 0 Å². The van der Waals surface area contributed by atoms with Crippen molar-refractivity contribution in [3.8, 4) is 5.75 Å². The van der Waals surface area contributed by atoms with Crippen LogP contribution < -0.4 is 15.4 Å². The summed E-state index contributed by atoms with van der Waals surface area (Å²) in [6.45, 7) is 10.8. The summed E-state index contributed by atoms with van der Waals surface area (Å²) >= 11 is 0. The standard InChI is InChI=1S/C31H40N2O4/c1-19(2)25-13-10-20(3)14-29(25)37-30(35)32-23-9-7-8-21(15-23)28(34)17-27-26-16-24(36-6)12-11-22(26)18-31(4,5)33-27/h7-9,11-12,15-17,19-20,25,29,33H,10,13-14,18H2,1-6H3,(H,32,35)/b27-17-/t20-,25+,29-/m1/s1. The van der Waals surface area contributed by atoms with Crippen molar-refractivity contribution < 1.29 is 19.1 Å². The first-order chi connectivity index (χ1) is 17.5. The fourth-order valence-electron chi connectivity index (χ4n) is 5.65. The van der Waals surface area contributed by atoms with Gasteiger partial charge in [-0.15, -0.1) is 0 Å². The van der Waals surface area contributed by atoms with E-state index in [-0.39, 0.29) is 17.4 Å². The van der Waals surface area contributed by atoms with E-state index in [9.17, 15) is 9.59 Å². The van der Waals surface area contributed by atoms with E-state index >= 15 is 0 Å². The highest BCUT2D eigenvalue weighted by Crippen LogP contribution is 2.36. The third kappa shape index (κ3) is 6.54. The van der Waals surface area contributed by atoms with Crippen molar-refractivity contribution in [2.24, 2.45) is 17.8 Å². The number of methoxy groups -OCH3 is 1. The fraction of sp³-hybridized carbons (Fsp3) is 0.484. The lowest BCUT2D eigenvalue weighted by atomic mass is 9.75. The molecule has 0 saturated heterocycles. The van der Waals surface area contributed by atoms with Crippen LogP contribution in [-0.2, 0) is 11.2 Å². The Morgan fingerprint density at radius 2 is 1.92 bits per heavy atom. The lowest BCUT2D eigenvalue weighted by Gasteiger charge is -2.36. The van der Waals surface area contributed by atoms with Gasteiger partial charge in [0.25, 0.3) is 0 Å². The van der Waals surface area contributed by atoms with Gasteiger partial charge in [-0.1, -0.05) is 45.4 Å². The number of benzene rings is 2. The molecule has 6 heteroatoms. The Kier molecular flexibility index (Phi) is 7.96. The molecule has 0 bridgehead atoms. The SMILES string of the molecule is COc1ccc2c(c1)/C(=C/C(=O)c1cccc(NC(=O)O[C@@H]3C[C@H](C)CC[C@H]3C(C)C)c1)NC(C)(C)C2. The molecule has 3 atom stereocenters. The Morgan fingerprint density at radius 1 is 1.14 bits per heavy atom. The number of amides is 1. The van der Waals surface area contributed by atoms with Gasteiger partial charge in [0.2, 0.25) is 0 Å². The van der Waals surface area contributed by atoms with Gasteiger partial charge in [0, 0.05) is 34.1 Å². The average Bonchev–Trinajstić information content (AvgIpc) is 2.83. The van der Waals surface area contributed by atoms with Crippen LogP contribution >= 0.6 is 0 Å². The van der Waals surface area contributed by atoms with Gasteiger partial charge in [-0.3, -0.25) is 10.1 Å². The number of allylic oxidation sites excluding steroid dienone is 1. The van der Waals surface area contributed by atoms with Crippen LogP contribution in [-0.4, -0.2) is 30.6 Å². The quantitative estimate of drug-likeness (QED) is 0.332. The number of carbonyl (C=O) groups excluding carboxylic acids is 2. The summed E-state index contributed by atoms with van der Waals surface area (Å²) in [6, 6.07) is 13.0. The van der Waals surface area contributed by atoms with Crippen molar-refractivity contribution in [1.82, 2.24) is 5.32 Å². The molecule has 1 aliphatic heterocycles. The maximum atomic E-state index is 13.3. The van der Waals surface area contributed by atoms with Crippen LogP contribution in [0.5, 0.6) is 5.75 Å². The molecular weight excluding hydrogens is 464 g/mol. The molecule has 1 amide bonds. The molecule has 2 aliphatic rings. The molecule has 0 unspecified atom stereocenters. The van der Waals surface area contributed by atoms with Crippen LogP contribution in [0.25, 0.3) is 5.70 Å². The highest BCUT2D eigenvalue weighted by Gasteiger charge is 2.33. The molecule has 2 N–H and O–H groups in total. The van der Waals surface area contributed by atoms with Gasteiger partial charge >= 0.3 is 6.09 Å². The monoisotopic (exact) mass is 504 g/mol. The number of hydrogen-bond donors (Lipinski definition) is 2.